The lowest BCUT2D eigenvalue weighted by Gasteiger charge is -2.06. The van der Waals surface area contributed by atoms with Crippen molar-refractivity contribution in [3.8, 4) is 6.07 Å². The zero-order valence-electron chi connectivity index (χ0n) is 10.5. The largest absolute Gasteiger partial charge is 0.310 e. The van der Waals surface area contributed by atoms with Gasteiger partial charge in [-0.05, 0) is 37.0 Å². The van der Waals surface area contributed by atoms with Crippen molar-refractivity contribution in [2.24, 2.45) is 0 Å². The first kappa shape index (κ1) is 12.8. The molecule has 0 saturated heterocycles. The van der Waals surface area contributed by atoms with Crippen LogP contribution in [0.15, 0.2) is 23.8 Å². The Hall–Kier alpha value is -1.66. The fourth-order valence-corrected chi connectivity index (χ4v) is 1.80. The molecule has 0 heterocycles. The number of nitriles is 1. The van der Waals surface area contributed by atoms with E-state index < -0.39 is 5.82 Å². The van der Waals surface area contributed by atoms with Crippen LogP contribution >= 0.6 is 0 Å². The molecular formula is C15H17FN2. The summed E-state index contributed by atoms with van der Waals surface area (Å²) in [5, 5.41) is 12.3. The van der Waals surface area contributed by atoms with E-state index in [9.17, 15) is 4.39 Å². The molecule has 0 aliphatic heterocycles. The first-order chi connectivity index (χ1) is 8.72. The van der Waals surface area contributed by atoms with Crippen LogP contribution in [-0.4, -0.2) is 12.6 Å². The Balaban J connectivity index is 2.10. The monoisotopic (exact) mass is 244 g/mol. The Bertz CT molecular complexity index is 496. The zero-order chi connectivity index (χ0) is 13.0. The summed E-state index contributed by atoms with van der Waals surface area (Å²) in [6, 6.07) is 7.21. The molecule has 1 fully saturated rings. The van der Waals surface area contributed by atoms with Gasteiger partial charge in [-0.3, -0.25) is 0 Å². The Morgan fingerprint density at radius 2 is 2.33 bits per heavy atom. The normalized spacial score (nSPS) is 15.5. The average Bonchev–Trinajstić information content (AvgIpc) is 3.20. The van der Waals surface area contributed by atoms with Gasteiger partial charge in [0.25, 0.3) is 0 Å². The van der Waals surface area contributed by atoms with Gasteiger partial charge < -0.3 is 5.32 Å². The van der Waals surface area contributed by atoms with Crippen molar-refractivity contribution in [3.63, 3.8) is 0 Å². The highest BCUT2D eigenvalue weighted by Gasteiger charge is 2.20. The summed E-state index contributed by atoms with van der Waals surface area (Å²) >= 11 is 0. The van der Waals surface area contributed by atoms with Crippen LogP contribution in [0.2, 0.25) is 0 Å². The predicted octanol–water partition coefficient (Wildman–Crippen LogP) is 3.24. The molecule has 1 N–H and O–H groups in total. The number of hydrogen-bond donors (Lipinski definition) is 1. The van der Waals surface area contributed by atoms with Crippen LogP contribution in [-0.2, 0) is 0 Å². The van der Waals surface area contributed by atoms with Gasteiger partial charge in [-0.25, -0.2) is 4.39 Å². The fourth-order valence-electron chi connectivity index (χ4n) is 1.80. The van der Waals surface area contributed by atoms with E-state index in [0.29, 0.717) is 6.04 Å². The highest BCUT2D eigenvalue weighted by molar-refractivity contribution is 5.55. The summed E-state index contributed by atoms with van der Waals surface area (Å²) in [5.41, 5.74) is 2.27. The molecule has 2 nitrogen and oxygen atoms in total. The van der Waals surface area contributed by atoms with E-state index in [-0.39, 0.29) is 5.56 Å². The number of rotatable bonds is 5. The second-order valence-corrected chi connectivity index (χ2v) is 4.66. The van der Waals surface area contributed by atoms with Crippen molar-refractivity contribution in [3.05, 3.63) is 40.7 Å². The number of halogens is 1. The molecule has 3 heteroatoms. The van der Waals surface area contributed by atoms with Gasteiger partial charge in [0.1, 0.15) is 11.9 Å². The molecule has 0 spiro atoms. The second kappa shape index (κ2) is 5.79. The molecule has 1 saturated carbocycles. The minimum atomic E-state index is -0.455. The molecule has 2 rings (SSSR count). The maximum absolute atomic E-state index is 13.2. The lowest BCUT2D eigenvalue weighted by Crippen LogP contribution is -2.18. The Morgan fingerprint density at radius 3 is 2.94 bits per heavy atom. The third-order valence-electron chi connectivity index (χ3n) is 3.13. The van der Waals surface area contributed by atoms with Gasteiger partial charge >= 0.3 is 0 Å². The van der Waals surface area contributed by atoms with Gasteiger partial charge in [0.15, 0.2) is 0 Å². The van der Waals surface area contributed by atoms with Crippen LogP contribution < -0.4 is 5.32 Å². The van der Waals surface area contributed by atoms with E-state index in [0.717, 1.165) is 18.5 Å². The van der Waals surface area contributed by atoms with Gasteiger partial charge in [0.05, 0.1) is 5.56 Å². The van der Waals surface area contributed by atoms with Crippen molar-refractivity contribution < 1.29 is 4.39 Å². The van der Waals surface area contributed by atoms with Crippen LogP contribution in [0.1, 0.15) is 37.3 Å². The molecule has 1 aromatic carbocycles. The Kier molecular flexibility index (Phi) is 4.11. The minimum Gasteiger partial charge on any atom is -0.310 e. The van der Waals surface area contributed by atoms with Crippen molar-refractivity contribution in [2.75, 3.05) is 6.54 Å². The quantitative estimate of drug-likeness (QED) is 0.863. The summed E-state index contributed by atoms with van der Waals surface area (Å²) in [4.78, 5) is 0. The Morgan fingerprint density at radius 1 is 1.56 bits per heavy atom. The first-order valence-electron chi connectivity index (χ1n) is 6.35. The molecule has 0 atom stereocenters. The van der Waals surface area contributed by atoms with Crippen molar-refractivity contribution in [1.29, 1.82) is 5.26 Å². The fraction of sp³-hybridized carbons (Fsp3) is 0.400. The van der Waals surface area contributed by atoms with Crippen LogP contribution in [0.5, 0.6) is 0 Å². The SMILES string of the molecule is CC/C(=C/c1ccc(F)c(C#N)c1)CNC1CC1. The van der Waals surface area contributed by atoms with Gasteiger partial charge in [-0.1, -0.05) is 24.6 Å². The average molecular weight is 244 g/mol. The smallest absolute Gasteiger partial charge is 0.140 e. The number of nitrogens with zero attached hydrogens (tertiary/aromatic N) is 1. The van der Waals surface area contributed by atoms with Crippen molar-refractivity contribution in [1.82, 2.24) is 5.32 Å². The van der Waals surface area contributed by atoms with Crippen LogP contribution in [0, 0.1) is 17.1 Å². The van der Waals surface area contributed by atoms with Crippen LogP contribution in [0.4, 0.5) is 4.39 Å². The van der Waals surface area contributed by atoms with E-state index >= 15 is 0 Å². The van der Waals surface area contributed by atoms with Crippen LogP contribution in [0.3, 0.4) is 0 Å². The number of benzene rings is 1. The highest BCUT2D eigenvalue weighted by Crippen LogP contribution is 2.20. The summed E-state index contributed by atoms with van der Waals surface area (Å²) in [5.74, 6) is -0.455. The second-order valence-electron chi connectivity index (χ2n) is 4.66. The third kappa shape index (κ3) is 3.41. The molecule has 1 aliphatic rings. The lowest BCUT2D eigenvalue weighted by molar-refractivity contribution is 0.624. The maximum atomic E-state index is 13.2. The van der Waals surface area contributed by atoms with E-state index in [1.807, 2.05) is 12.1 Å². The molecule has 94 valence electrons. The minimum absolute atomic E-state index is 0.106. The number of hydrogen-bond acceptors (Lipinski definition) is 2. The van der Waals surface area contributed by atoms with Gasteiger partial charge in [-0.15, -0.1) is 0 Å². The molecule has 1 aliphatic carbocycles. The van der Waals surface area contributed by atoms with Gasteiger partial charge in [-0.2, -0.15) is 5.26 Å². The summed E-state index contributed by atoms with van der Waals surface area (Å²) in [6.07, 6.45) is 5.53. The molecule has 1 aromatic rings. The van der Waals surface area contributed by atoms with E-state index in [4.69, 9.17) is 5.26 Å². The molecule has 0 unspecified atom stereocenters. The number of nitrogens with one attached hydrogen (secondary N) is 1. The van der Waals surface area contributed by atoms with Gasteiger partial charge in [0.2, 0.25) is 0 Å². The molecule has 0 aromatic heterocycles. The highest BCUT2D eigenvalue weighted by atomic mass is 19.1. The van der Waals surface area contributed by atoms with Crippen molar-refractivity contribution >= 4 is 6.08 Å². The van der Waals surface area contributed by atoms with E-state index in [2.05, 4.69) is 12.2 Å². The summed E-state index contributed by atoms with van der Waals surface area (Å²) in [7, 11) is 0. The topological polar surface area (TPSA) is 35.8 Å². The predicted molar refractivity (Wildman–Crippen MR) is 70.4 cm³/mol. The molecule has 0 amide bonds. The summed E-state index contributed by atoms with van der Waals surface area (Å²) in [6.45, 7) is 2.98. The molecular weight excluding hydrogens is 227 g/mol. The summed E-state index contributed by atoms with van der Waals surface area (Å²) < 4.78 is 13.2. The van der Waals surface area contributed by atoms with E-state index in [1.165, 1.54) is 24.5 Å². The molecule has 0 radical (unpaired) electrons. The standard InChI is InChI=1S/C15H17FN2/c1-2-11(10-18-14-4-5-14)7-12-3-6-15(16)13(8-12)9-17/h3,6-8,14,18H,2,4-5,10H2,1H3/b11-7-. The third-order valence-corrected chi connectivity index (χ3v) is 3.13. The van der Waals surface area contributed by atoms with Crippen molar-refractivity contribution in [2.45, 2.75) is 32.2 Å². The first-order valence-corrected chi connectivity index (χ1v) is 6.35. The lowest BCUT2D eigenvalue weighted by atomic mass is 10.1. The van der Waals surface area contributed by atoms with Crippen LogP contribution in [0.25, 0.3) is 6.08 Å². The zero-order valence-corrected chi connectivity index (χ0v) is 10.5. The van der Waals surface area contributed by atoms with Gasteiger partial charge in [0, 0.05) is 12.6 Å². The maximum Gasteiger partial charge on any atom is 0.140 e. The molecule has 0 bridgehead atoms. The van der Waals surface area contributed by atoms with E-state index in [1.54, 1.807) is 12.1 Å². The molecule has 18 heavy (non-hydrogen) atoms. The Labute approximate surface area is 107 Å².